The van der Waals surface area contributed by atoms with E-state index in [0.717, 1.165) is 0 Å². The van der Waals surface area contributed by atoms with Gasteiger partial charge in [-0.15, -0.1) is 0 Å². The second-order valence-electron chi connectivity index (χ2n) is 2.83. The summed E-state index contributed by atoms with van der Waals surface area (Å²) < 4.78 is 12.4. The molecule has 0 aliphatic carbocycles. The van der Waals surface area contributed by atoms with Crippen LogP contribution in [0.4, 0.5) is 10.2 Å². The molecule has 0 aromatic carbocycles. The van der Waals surface area contributed by atoms with Gasteiger partial charge in [0, 0.05) is 12.7 Å². The maximum absolute atomic E-state index is 12.4. The quantitative estimate of drug-likeness (QED) is 0.812. The molecular formula is C9H12ClFN2. The van der Waals surface area contributed by atoms with E-state index in [2.05, 4.69) is 10.3 Å². The van der Waals surface area contributed by atoms with Gasteiger partial charge in [0.25, 0.3) is 0 Å². The first-order valence-electron chi connectivity index (χ1n) is 4.18. The molecule has 0 bridgehead atoms. The average molecular weight is 203 g/mol. The fourth-order valence-electron chi connectivity index (χ4n) is 0.905. The molecule has 0 spiro atoms. The molecule has 1 unspecified atom stereocenters. The predicted octanol–water partition coefficient (Wildman–Crippen LogP) is 2.90. The van der Waals surface area contributed by atoms with Crippen molar-refractivity contribution in [3.8, 4) is 0 Å². The summed E-state index contributed by atoms with van der Waals surface area (Å²) in [6, 6.07) is 3.50. The fourth-order valence-corrected chi connectivity index (χ4v) is 1.09. The third-order valence-corrected chi connectivity index (χ3v) is 1.90. The highest BCUT2D eigenvalue weighted by molar-refractivity contribution is 6.32. The first kappa shape index (κ1) is 10.3. The number of rotatable bonds is 4. The molecule has 2 nitrogen and oxygen atoms in total. The lowest BCUT2D eigenvalue weighted by Crippen LogP contribution is -2.08. The van der Waals surface area contributed by atoms with Gasteiger partial charge < -0.3 is 5.32 Å². The number of halogens is 2. The molecule has 13 heavy (non-hydrogen) atoms. The number of alkyl halides is 1. The van der Waals surface area contributed by atoms with Crippen LogP contribution in [0.3, 0.4) is 0 Å². The third kappa shape index (κ3) is 3.59. The first-order valence-corrected chi connectivity index (χ1v) is 4.56. The molecule has 0 saturated carbocycles. The van der Waals surface area contributed by atoms with E-state index in [4.69, 9.17) is 11.6 Å². The molecule has 1 atom stereocenters. The van der Waals surface area contributed by atoms with Crippen LogP contribution < -0.4 is 5.32 Å². The van der Waals surface area contributed by atoms with Crippen molar-refractivity contribution >= 4 is 17.4 Å². The number of hydrogen-bond acceptors (Lipinski definition) is 2. The van der Waals surface area contributed by atoms with Gasteiger partial charge in [-0.05, 0) is 25.5 Å². The standard InChI is InChI=1S/C9H12ClFN2/c1-7(11)4-6-13-9-8(10)3-2-5-12-9/h2-3,5,7H,4,6H2,1H3,(H,12,13). The highest BCUT2D eigenvalue weighted by Crippen LogP contribution is 2.17. The van der Waals surface area contributed by atoms with Gasteiger partial charge in [-0.3, -0.25) is 0 Å². The van der Waals surface area contributed by atoms with Crippen molar-refractivity contribution in [1.82, 2.24) is 4.98 Å². The zero-order valence-corrected chi connectivity index (χ0v) is 8.18. The fraction of sp³-hybridized carbons (Fsp3) is 0.444. The van der Waals surface area contributed by atoms with Gasteiger partial charge in [-0.25, -0.2) is 9.37 Å². The highest BCUT2D eigenvalue weighted by atomic mass is 35.5. The molecule has 1 heterocycles. The Morgan fingerprint density at radius 3 is 3.08 bits per heavy atom. The summed E-state index contributed by atoms with van der Waals surface area (Å²) in [5, 5.41) is 3.53. The van der Waals surface area contributed by atoms with Crippen LogP contribution in [0.5, 0.6) is 0 Å². The minimum Gasteiger partial charge on any atom is -0.369 e. The number of nitrogens with zero attached hydrogens (tertiary/aromatic N) is 1. The number of hydrogen-bond donors (Lipinski definition) is 1. The van der Waals surface area contributed by atoms with Crippen molar-refractivity contribution in [1.29, 1.82) is 0 Å². The van der Waals surface area contributed by atoms with E-state index in [-0.39, 0.29) is 0 Å². The molecule has 72 valence electrons. The smallest absolute Gasteiger partial charge is 0.144 e. The zero-order valence-electron chi connectivity index (χ0n) is 7.43. The number of aromatic nitrogens is 1. The number of nitrogens with one attached hydrogen (secondary N) is 1. The monoisotopic (exact) mass is 202 g/mol. The molecule has 0 fully saturated rings. The summed E-state index contributed by atoms with van der Waals surface area (Å²) in [7, 11) is 0. The van der Waals surface area contributed by atoms with Gasteiger partial charge in [0.05, 0.1) is 11.2 Å². The molecule has 0 saturated heterocycles. The van der Waals surface area contributed by atoms with Crippen LogP contribution in [0.1, 0.15) is 13.3 Å². The molecule has 1 aromatic rings. The minimum absolute atomic E-state index is 0.465. The van der Waals surface area contributed by atoms with Crippen LogP contribution in [-0.4, -0.2) is 17.7 Å². The third-order valence-electron chi connectivity index (χ3n) is 1.59. The average Bonchev–Trinajstić information content (AvgIpc) is 2.08. The maximum Gasteiger partial charge on any atom is 0.144 e. The SMILES string of the molecule is CC(F)CCNc1ncccc1Cl. The van der Waals surface area contributed by atoms with E-state index < -0.39 is 6.17 Å². The lowest BCUT2D eigenvalue weighted by atomic mass is 10.3. The van der Waals surface area contributed by atoms with E-state index >= 15 is 0 Å². The van der Waals surface area contributed by atoms with Crippen LogP contribution in [0.15, 0.2) is 18.3 Å². The van der Waals surface area contributed by atoms with E-state index in [1.807, 2.05) is 0 Å². The largest absolute Gasteiger partial charge is 0.369 e. The lowest BCUT2D eigenvalue weighted by Gasteiger charge is -2.06. The normalized spacial score (nSPS) is 12.5. The summed E-state index contributed by atoms with van der Waals surface area (Å²) in [4.78, 5) is 4.01. The van der Waals surface area contributed by atoms with E-state index in [9.17, 15) is 4.39 Å². The minimum atomic E-state index is -0.796. The second kappa shape index (κ2) is 5.02. The van der Waals surface area contributed by atoms with Crippen molar-refractivity contribution in [2.45, 2.75) is 19.5 Å². The molecule has 0 aliphatic rings. The predicted molar refractivity (Wildman–Crippen MR) is 52.9 cm³/mol. The topological polar surface area (TPSA) is 24.9 Å². The van der Waals surface area contributed by atoms with Crippen molar-refractivity contribution in [3.63, 3.8) is 0 Å². The highest BCUT2D eigenvalue weighted by Gasteiger charge is 2.00. The van der Waals surface area contributed by atoms with E-state index in [0.29, 0.717) is 23.8 Å². The van der Waals surface area contributed by atoms with Crippen LogP contribution in [0.2, 0.25) is 5.02 Å². The van der Waals surface area contributed by atoms with Gasteiger partial charge in [0.15, 0.2) is 0 Å². The van der Waals surface area contributed by atoms with Gasteiger partial charge in [0.2, 0.25) is 0 Å². The molecule has 0 radical (unpaired) electrons. The first-order chi connectivity index (χ1) is 6.20. The van der Waals surface area contributed by atoms with Crippen molar-refractivity contribution in [2.75, 3.05) is 11.9 Å². The van der Waals surface area contributed by atoms with Gasteiger partial charge in [0.1, 0.15) is 5.82 Å². The maximum atomic E-state index is 12.4. The van der Waals surface area contributed by atoms with Crippen molar-refractivity contribution in [3.05, 3.63) is 23.4 Å². The Bertz CT molecular complexity index is 266. The van der Waals surface area contributed by atoms with Crippen LogP contribution in [-0.2, 0) is 0 Å². The van der Waals surface area contributed by atoms with E-state index in [1.165, 1.54) is 6.92 Å². The van der Waals surface area contributed by atoms with Crippen LogP contribution >= 0.6 is 11.6 Å². The van der Waals surface area contributed by atoms with E-state index in [1.54, 1.807) is 18.3 Å². The summed E-state index contributed by atoms with van der Waals surface area (Å²) in [6.07, 6.45) is 1.31. The molecule has 1 rings (SSSR count). The Balaban J connectivity index is 2.41. The summed E-state index contributed by atoms with van der Waals surface area (Å²) in [5.74, 6) is 0.616. The Kier molecular flexibility index (Phi) is 3.96. The van der Waals surface area contributed by atoms with Gasteiger partial charge in [-0.1, -0.05) is 11.6 Å². The summed E-state index contributed by atoms with van der Waals surface area (Å²) >= 11 is 5.82. The van der Waals surface area contributed by atoms with Crippen molar-refractivity contribution < 1.29 is 4.39 Å². The Hall–Kier alpha value is -0.830. The summed E-state index contributed by atoms with van der Waals surface area (Å²) in [5.41, 5.74) is 0. The summed E-state index contributed by atoms with van der Waals surface area (Å²) in [6.45, 7) is 2.08. The molecular weight excluding hydrogens is 191 g/mol. The second-order valence-corrected chi connectivity index (χ2v) is 3.24. The lowest BCUT2D eigenvalue weighted by molar-refractivity contribution is 0.348. The molecule has 0 amide bonds. The Labute approximate surface area is 82.1 Å². The Morgan fingerprint density at radius 2 is 2.46 bits per heavy atom. The molecule has 1 N–H and O–H groups in total. The van der Waals surface area contributed by atoms with Crippen LogP contribution in [0.25, 0.3) is 0 Å². The van der Waals surface area contributed by atoms with Gasteiger partial charge in [-0.2, -0.15) is 0 Å². The zero-order chi connectivity index (χ0) is 9.68. The van der Waals surface area contributed by atoms with Gasteiger partial charge >= 0.3 is 0 Å². The van der Waals surface area contributed by atoms with Crippen molar-refractivity contribution in [2.24, 2.45) is 0 Å². The molecule has 0 aliphatic heterocycles. The number of pyridine rings is 1. The number of anilines is 1. The Morgan fingerprint density at radius 1 is 1.69 bits per heavy atom. The molecule has 1 aromatic heterocycles. The molecule has 4 heteroatoms. The van der Waals surface area contributed by atoms with Crippen LogP contribution in [0, 0.1) is 0 Å².